The maximum Gasteiger partial charge on any atom is 0.454 e. The number of hydrogen-bond donors (Lipinski definition) is 1. The topological polar surface area (TPSA) is 102 Å². The minimum Gasteiger partial charge on any atom is -0.573 e. The molecule has 0 atom stereocenters. The Balaban J connectivity index is 3.08. The zero-order valence-electron chi connectivity index (χ0n) is 7.30. The van der Waals surface area contributed by atoms with Crippen LogP contribution in [0.25, 0.3) is 15.9 Å². The summed E-state index contributed by atoms with van der Waals surface area (Å²) in [7, 11) is 0. The number of phenolic OH excluding ortho intramolecular Hbond substituents is 1. The molecule has 1 aromatic heterocycles. The van der Waals surface area contributed by atoms with Gasteiger partial charge in [-0.1, -0.05) is 6.07 Å². The molecule has 0 aliphatic carbocycles. The molecule has 0 amide bonds. The van der Waals surface area contributed by atoms with Crippen LogP contribution in [-0.4, -0.2) is 5.11 Å². The van der Waals surface area contributed by atoms with Gasteiger partial charge in [-0.3, -0.25) is 4.79 Å². The normalized spacial score (nSPS) is 10.1. The van der Waals surface area contributed by atoms with Crippen LogP contribution in [0.2, 0.25) is 0 Å². The van der Waals surface area contributed by atoms with Gasteiger partial charge in [0.2, 0.25) is 5.39 Å². The predicted octanol–water partition coefficient (Wildman–Crippen LogP) is 1.06. The highest BCUT2D eigenvalue weighted by molar-refractivity contribution is 5.86. The zero-order valence-corrected chi connectivity index (χ0v) is 7.30. The largest absolute Gasteiger partial charge is 0.573 e. The molecule has 6 heteroatoms. The Morgan fingerprint density at radius 1 is 1.47 bits per heavy atom. The SMILES string of the molecule is N#[N+]c1c([O-])oc2cccc(O)c2c1=O. The van der Waals surface area contributed by atoms with Gasteiger partial charge in [0.05, 0.1) is 5.39 Å². The lowest BCUT2D eigenvalue weighted by atomic mass is 10.2. The number of hydrogen-bond acceptors (Lipinski definition) is 5. The lowest BCUT2D eigenvalue weighted by molar-refractivity contribution is -0.292. The van der Waals surface area contributed by atoms with E-state index in [4.69, 9.17) is 5.39 Å². The van der Waals surface area contributed by atoms with E-state index in [0.717, 1.165) is 0 Å². The number of fused-ring (bicyclic) bond motifs is 1. The van der Waals surface area contributed by atoms with Crippen LogP contribution in [0.3, 0.4) is 0 Å². The average Bonchev–Trinajstić information content (AvgIpc) is 2.17. The van der Waals surface area contributed by atoms with Gasteiger partial charge < -0.3 is 14.6 Å². The van der Waals surface area contributed by atoms with Gasteiger partial charge in [-0.2, -0.15) is 0 Å². The third kappa shape index (κ3) is 1.18. The molecule has 0 unspecified atom stereocenters. The first-order valence-electron chi connectivity index (χ1n) is 3.96. The van der Waals surface area contributed by atoms with Gasteiger partial charge >= 0.3 is 5.69 Å². The summed E-state index contributed by atoms with van der Waals surface area (Å²) in [6.45, 7) is 0. The molecule has 1 aromatic carbocycles. The second kappa shape index (κ2) is 2.99. The highest BCUT2D eigenvalue weighted by atomic mass is 16.5. The van der Waals surface area contributed by atoms with Crippen molar-refractivity contribution in [3.05, 3.63) is 33.4 Å². The molecule has 74 valence electrons. The van der Waals surface area contributed by atoms with E-state index in [1.54, 1.807) is 0 Å². The molecular weight excluding hydrogens is 200 g/mol. The standard InChI is InChI=1S/C9H4N2O4/c10-11-7-8(13)6-4(12)2-1-3-5(6)15-9(7)14/h1-3H,(H-,12,13,14). The van der Waals surface area contributed by atoms with Crippen LogP contribution in [-0.2, 0) is 0 Å². The molecule has 6 nitrogen and oxygen atoms in total. The van der Waals surface area contributed by atoms with Crippen LogP contribution in [0, 0.1) is 5.39 Å². The highest BCUT2D eigenvalue weighted by Gasteiger charge is 2.19. The molecule has 15 heavy (non-hydrogen) atoms. The van der Waals surface area contributed by atoms with E-state index >= 15 is 0 Å². The first-order chi connectivity index (χ1) is 7.15. The number of diazo groups is 1. The molecule has 0 aliphatic heterocycles. The third-order valence-electron chi connectivity index (χ3n) is 1.94. The molecule has 0 fully saturated rings. The summed E-state index contributed by atoms with van der Waals surface area (Å²) in [4.78, 5) is 14.1. The molecule has 0 radical (unpaired) electrons. The fraction of sp³-hybridized carbons (Fsp3) is 0. The smallest absolute Gasteiger partial charge is 0.454 e. The Morgan fingerprint density at radius 2 is 2.20 bits per heavy atom. The van der Waals surface area contributed by atoms with Gasteiger partial charge in [-0.25, -0.2) is 0 Å². The first kappa shape index (κ1) is 9.02. The summed E-state index contributed by atoms with van der Waals surface area (Å²) in [5.41, 5.74) is -1.65. The van der Waals surface area contributed by atoms with Crippen LogP contribution in [0.4, 0.5) is 5.69 Å². The van der Waals surface area contributed by atoms with E-state index in [1.165, 1.54) is 18.2 Å². The van der Waals surface area contributed by atoms with Gasteiger partial charge in [0.1, 0.15) is 5.75 Å². The van der Waals surface area contributed by atoms with Crippen molar-refractivity contribution in [1.29, 1.82) is 5.39 Å². The van der Waals surface area contributed by atoms with E-state index in [1.807, 2.05) is 0 Å². The van der Waals surface area contributed by atoms with Crippen molar-refractivity contribution in [3.8, 4) is 11.7 Å². The van der Waals surface area contributed by atoms with Crippen molar-refractivity contribution in [2.24, 2.45) is 0 Å². The summed E-state index contributed by atoms with van der Waals surface area (Å²) in [5, 5.41) is 28.7. The van der Waals surface area contributed by atoms with Crippen molar-refractivity contribution >= 4 is 16.7 Å². The summed E-state index contributed by atoms with van der Waals surface area (Å²) in [6.07, 6.45) is 0. The van der Waals surface area contributed by atoms with Crippen molar-refractivity contribution < 1.29 is 14.6 Å². The van der Waals surface area contributed by atoms with Crippen LogP contribution in [0.1, 0.15) is 0 Å². The second-order valence-corrected chi connectivity index (χ2v) is 2.82. The maximum absolute atomic E-state index is 11.5. The van der Waals surface area contributed by atoms with Gasteiger partial charge in [-0.05, 0) is 12.1 Å². The van der Waals surface area contributed by atoms with Crippen molar-refractivity contribution in [1.82, 2.24) is 0 Å². The minimum absolute atomic E-state index is 0.0441. The summed E-state index contributed by atoms with van der Waals surface area (Å²) in [5.74, 6) is -1.37. The Morgan fingerprint density at radius 3 is 2.87 bits per heavy atom. The number of benzene rings is 1. The molecule has 2 rings (SSSR count). The second-order valence-electron chi connectivity index (χ2n) is 2.82. The van der Waals surface area contributed by atoms with Gasteiger partial charge in [-0.15, -0.1) is 0 Å². The summed E-state index contributed by atoms with van der Waals surface area (Å²) >= 11 is 0. The number of aromatic hydroxyl groups is 1. The van der Waals surface area contributed by atoms with Crippen LogP contribution >= 0.6 is 0 Å². The number of rotatable bonds is 0. The first-order valence-corrected chi connectivity index (χ1v) is 3.96. The van der Waals surface area contributed by atoms with Crippen molar-refractivity contribution in [3.63, 3.8) is 0 Å². The minimum atomic E-state index is -1.04. The average molecular weight is 204 g/mol. The van der Waals surface area contributed by atoms with Crippen LogP contribution < -0.4 is 10.5 Å². The molecule has 0 bridgehead atoms. The van der Waals surface area contributed by atoms with Gasteiger partial charge in [0, 0.05) is 5.58 Å². The molecule has 2 aromatic rings. The van der Waals surface area contributed by atoms with Gasteiger partial charge in [0.15, 0.2) is 10.9 Å². The van der Waals surface area contributed by atoms with E-state index in [-0.39, 0.29) is 16.7 Å². The Labute approximate surface area is 82.6 Å². The monoisotopic (exact) mass is 204 g/mol. The molecule has 0 saturated carbocycles. The van der Waals surface area contributed by atoms with Crippen LogP contribution in [0.5, 0.6) is 11.7 Å². The predicted molar refractivity (Wildman–Crippen MR) is 48.3 cm³/mol. The molecule has 0 aliphatic rings. The fourth-order valence-electron chi connectivity index (χ4n) is 1.28. The zero-order chi connectivity index (χ0) is 11.0. The Kier molecular flexibility index (Phi) is 1.80. The van der Waals surface area contributed by atoms with Crippen LogP contribution in [0.15, 0.2) is 27.4 Å². The van der Waals surface area contributed by atoms with Crippen molar-refractivity contribution in [2.75, 3.05) is 0 Å². The van der Waals surface area contributed by atoms with E-state index in [2.05, 4.69) is 9.39 Å². The maximum atomic E-state index is 11.5. The lowest BCUT2D eigenvalue weighted by Crippen LogP contribution is -2.04. The quantitative estimate of drug-likeness (QED) is 0.646. The Bertz CT molecular complexity index is 639. The molecule has 1 heterocycles. The molecule has 1 N–H and O–H groups in total. The Hall–Kier alpha value is -2.55. The van der Waals surface area contributed by atoms with E-state index in [0.29, 0.717) is 0 Å². The molecule has 0 saturated heterocycles. The van der Waals surface area contributed by atoms with Crippen molar-refractivity contribution in [2.45, 2.75) is 0 Å². The van der Waals surface area contributed by atoms with Gasteiger partial charge in [0.25, 0.3) is 5.43 Å². The third-order valence-corrected chi connectivity index (χ3v) is 1.94. The number of nitrogens with zero attached hydrogens (tertiary/aromatic N) is 2. The summed E-state index contributed by atoms with van der Waals surface area (Å²) < 4.78 is 4.68. The highest BCUT2D eigenvalue weighted by Crippen LogP contribution is 2.28. The molecular formula is C9H4N2O4. The van der Waals surface area contributed by atoms with E-state index < -0.39 is 17.1 Å². The summed E-state index contributed by atoms with van der Waals surface area (Å²) in [6, 6.07) is 4.06. The van der Waals surface area contributed by atoms with E-state index in [9.17, 15) is 15.0 Å². The number of phenols is 1. The lowest BCUT2D eigenvalue weighted by Gasteiger charge is -2.04. The fourth-order valence-corrected chi connectivity index (χ4v) is 1.28. The molecule has 0 spiro atoms.